The Morgan fingerprint density at radius 1 is 1.55 bits per heavy atom. The van der Waals surface area contributed by atoms with Crippen LogP contribution >= 0.6 is 22.9 Å². The SMILES string of the molecule is O=C(O)c1nc(COc2ccc(Cl)cc2[N+](=O)[O-])cs1. The zero-order valence-corrected chi connectivity index (χ0v) is 11.3. The number of thiazole rings is 1. The molecule has 0 saturated heterocycles. The van der Waals surface area contributed by atoms with Gasteiger partial charge < -0.3 is 9.84 Å². The van der Waals surface area contributed by atoms with Crippen molar-refractivity contribution in [1.29, 1.82) is 0 Å². The van der Waals surface area contributed by atoms with Gasteiger partial charge in [-0.2, -0.15) is 0 Å². The summed E-state index contributed by atoms with van der Waals surface area (Å²) in [4.78, 5) is 24.7. The van der Waals surface area contributed by atoms with Gasteiger partial charge in [-0.15, -0.1) is 11.3 Å². The highest BCUT2D eigenvalue weighted by atomic mass is 35.5. The van der Waals surface area contributed by atoms with Crippen molar-refractivity contribution in [2.24, 2.45) is 0 Å². The smallest absolute Gasteiger partial charge is 0.365 e. The van der Waals surface area contributed by atoms with Gasteiger partial charge in [0.15, 0.2) is 5.75 Å². The summed E-state index contributed by atoms with van der Waals surface area (Å²) in [6.07, 6.45) is 0. The van der Waals surface area contributed by atoms with Gasteiger partial charge in [0.2, 0.25) is 5.01 Å². The largest absolute Gasteiger partial charge is 0.480 e. The van der Waals surface area contributed by atoms with Crippen LogP contribution in [0.2, 0.25) is 5.02 Å². The van der Waals surface area contributed by atoms with Gasteiger partial charge in [-0.05, 0) is 12.1 Å². The van der Waals surface area contributed by atoms with Crippen LogP contribution in [0, 0.1) is 10.1 Å². The van der Waals surface area contributed by atoms with E-state index in [2.05, 4.69) is 4.98 Å². The Hall–Kier alpha value is -2.19. The van der Waals surface area contributed by atoms with Gasteiger partial charge in [0, 0.05) is 16.5 Å². The molecular weight excluding hydrogens is 308 g/mol. The molecule has 0 fully saturated rings. The monoisotopic (exact) mass is 314 g/mol. The number of nitro benzene ring substituents is 1. The first kappa shape index (κ1) is 14.2. The predicted molar refractivity (Wildman–Crippen MR) is 71.5 cm³/mol. The lowest BCUT2D eigenvalue weighted by Crippen LogP contribution is -2.01. The van der Waals surface area contributed by atoms with Crippen LogP contribution < -0.4 is 4.74 Å². The Kier molecular flexibility index (Phi) is 4.16. The zero-order chi connectivity index (χ0) is 14.7. The first-order valence-electron chi connectivity index (χ1n) is 5.22. The molecule has 0 radical (unpaired) electrons. The van der Waals surface area contributed by atoms with Crippen molar-refractivity contribution < 1.29 is 19.6 Å². The Bertz CT molecular complexity index is 673. The van der Waals surface area contributed by atoms with Gasteiger partial charge in [0.1, 0.15) is 6.61 Å². The molecular formula is C11H7ClN2O5S. The number of benzene rings is 1. The van der Waals surface area contributed by atoms with Gasteiger partial charge in [-0.3, -0.25) is 10.1 Å². The maximum Gasteiger partial charge on any atom is 0.365 e. The lowest BCUT2D eigenvalue weighted by Gasteiger charge is -2.05. The molecule has 2 aromatic rings. The normalized spacial score (nSPS) is 10.2. The number of halogens is 1. The number of hydrogen-bond donors (Lipinski definition) is 1. The maximum atomic E-state index is 10.9. The molecule has 20 heavy (non-hydrogen) atoms. The Morgan fingerprint density at radius 2 is 2.30 bits per heavy atom. The second-order valence-electron chi connectivity index (χ2n) is 3.61. The minimum atomic E-state index is -1.13. The van der Waals surface area contributed by atoms with E-state index >= 15 is 0 Å². The molecule has 0 aliphatic heterocycles. The zero-order valence-electron chi connectivity index (χ0n) is 9.78. The molecule has 0 aliphatic rings. The quantitative estimate of drug-likeness (QED) is 0.672. The summed E-state index contributed by atoms with van der Waals surface area (Å²) in [5.41, 5.74) is 0.128. The number of aromatic carboxylic acids is 1. The van der Waals surface area contributed by atoms with Crippen LogP contribution in [-0.2, 0) is 6.61 Å². The highest BCUT2D eigenvalue weighted by Gasteiger charge is 2.16. The molecule has 0 spiro atoms. The molecule has 1 N–H and O–H groups in total. The van der Waals surface area contributed by atoms with E-state index in [1.807, 2.05) is 0 Å². The van der Waals surface area contributed by atoms with Gasteiger partial charge in [0.25, 0.3) is 0 Å². The molecule has 9 heteroatoms. The summed E-state index contributed by atoms with van der Waals surface area (Å²) in [7, 11) is 0. The summed E-state index contributed by atoms with van der Waals surface area (Å²) >= 11 is 6.64. The van der Waals surface area contributed by atoms with Crippen LogP contribution in [0.4, 0.5) is 5.69 Å². The molecule has 1 aromatic heterocycles. The van der Waals surface area contributed by atoms with E-state index in [-0.39, 0.29) is 28.1 Å². The number of hydrogen-bond acceptors (Lipinski definition) is 6. The van der Waals surface area contributed by atoms with Crippen molar-refractivity contribution in [1.82, 2.24) is 4.98 Å². The number of aromatic nitrogens is 1. The lowest BCUT2D eigenvalue weighted by atomic mass is 10.3. The van der Waals surface area contributed by atoms with E-state index in [0.717, 1.165) is 11.3 Å². The number of carboxylic acids is 1. The standard InChI is InChI=1S/C11H7ClN2O5S/c12-6-1-2-9(8(3-6)14(17)18)19-4-7-5-20-10(13-7)11(15)16/h1-3,5H,4H2,(H,15,16). The van der Waals surface area contributed by atoms with Crippen LogP contribution in [0.15, 0.2) is 23.6 Å². The third kappa shape index (κ3) is 3.22. The molecule has 1 aromatic carbocycles. The molecule has 7 nitrogen and oxygen atoms in total. The summed E-state index contributed by atoms with van der Waals surface area (Å²) in [6.45, 7) is -0.0632. The van der Waals surface area contributed by atoms with Gasteiger partial charge in [-0.1, -0.05) is 11.6 Å². The number of carbonyl (C=O) groups is 1. The van der Waals surface area contributed by atoms with Gasteiger partial charge >= 0.3 is 11.7 Å². The van der Waals surface area contributed by atoms with Gasteiger partial charge in [-0.25, -0.2) is 9.78 Å². The second-order valence-corrected chi connectivity index (χ2v) is 4.90. The molecule has 0 unspecified atom stereocenters. The predicted octanol–water partition coefficient (Wildman–Crippen LogP) is 2.98. The number of rotatable bonds is 5. The van der Waals surface area contributed by atoms with Crippen molar-refractivity contribution >= 4 is 34.6 Å². The van der Waals surface area contributed by atoms with Crippen molar-refractivity contribution in [3.05, 3.63) is 49.4 Å². The highest BCUT2D eigenvalue weighted by molar-refractivity contribution is 7.11. The molecule has 1 heterocycles. The molecule has 0 aliphatic carbocycles. The lowest BCUT2D eigenvalue weighted by molar-refractivity contribution is -0.385. The van der Waals surface area contributed by atoms with Crippen LogP contribution in [-0.4, -0.2) is 21.0 Å². The van der Waals surface area contributed by atoms with Crippen LogP contribution in [0.3, 0.4) is 0 Å². The van der Waals surface area contributed by atoms with Crippen molar-refractivity contribution in [3.8, 4) is 5.75 Å². The molecule has 0 saturated carbocycles. The Morgan fingerprint density at radius 3 is 2.90 bits per heavy atom. The fourth-order valence-electron chi connectivity index (χ4n) is 1.38. The minimum Gasteiger partial charge on any atom is -0.480 e. The maximum absolute atomic E-state index is 10.9. The van der Waals surface area contributed by atoms with E-state index < -0.39 is 10.9 Å². The summed E-state index contributed by atoms with van der Waals surface area (Å²) < 4.78 is 5.28. The molecule has 0 amide bonds. The Balaban J connectivity index is 2.14. The highest BCUT2D eigenvalue weighted by Crippen LogP contribution is 2.30. The summed E-state index contributed by atoms with van der Waals surface area (Å²) in [5.74, 6) is -1.08. The Labute approximate surface area is 121 Å². The van der Waals surface area contributed by atoms with E-state index in [0.29, 0.717) is 5.69 Å². The first-order valence-corrected chi connectivity index (χ1v) is 6.47. The number of nitro groups is 1. The van der Waals surface area contributed by atoms with E-state index in [4.69, 9.17) is 21.4 Å². The van der Waals surface area contributed by atoms with E-state index in [1.54, 1.807) is 0 Å². The number of ether oxygens (including phenoxy) is 1. The number of nitrogens with zero attached hydrogens (tertiary/aromatic N) is 2. The topological polar surface area (TPSA) is 103 Å². The van der Waals surface area contributed by atoms with E-state index in [1.165, 1.54) is 23.6 Å². The average molecular weight is 315 g/mol. The van der Waals surface area contributed by atoms with Crippen molar-refractivity contribution in [2.45, 2.75) is 6.61 Å². The number of carboxylic acid groups (broad SMARTS) is 1. The van der Waals surface area contributed by atoms with Crippen molar-refractivity contribution in [2.75, 3.05) is 0 Å². The van der Waals surface area contributed by atoms with Crippen LogP contribution in [0.25, 0.3) is 0 Å². The van der Waals surface area contributed by atoms with Crippen molar-refractivity contribution in [3.63, 3.8) is 0 Å². The molecule has 0 bridgehead atoms. The van der Waals surface area contributed by atoms with Crippen LogP contribution in [0.5, 0.6) is 5.75 Å². The molecule has 2 rings (SSSR count). The first-order chi connectivity index (χ1) is 9.47. The third-order valence-electron chi connectivity index (χ3n) is 2.23. The average Bonchev–Trinajstić information content (AvgIpc) is 2.86. The fourth-order valence-corrected chi connectivity index (χ4v) is 2.18. The summed E-state index contributed by atoms with van der Waals surface area (Å²) in [5, 5.41) is 21.3. The van der Waals surface area contributed by atoms with Gasteiger partial charge in [0.05, 0.1) is 10.6 Å². The van der Waals surface area contributed by atoms with E-state index in [9.17, 15) is 14.9 Å². The second kappa shape index (κ2) is 5.85. The minimum absolute atomic E-state index is 0.0456. The molecule has 104 valence electrons. The third-order valence-corrected chi connectivity index (χ3v) is 3.34. The summed E-state index contributed by atoms with van der Waals surface area (Å²) in [6, 6.07) is 4.03. The molecule has 0 atom stereocenters. The van der Waals surface area contributed by atoms with Crippen LogP contribution in [0.1, 0.15) is 15.5 Å². The fraction of sp³-hybridized carbons (Fsp3) is 0.0909.